The number of hydrogen-bond donors (Lipinski definition) is 2. The normalized spacial score (nSPS) is 10.9. The lowest BCUT2D eigenvalue weighted by Gasteiger charge is -2.25. The van der Waals surface area contributed by atoms with Gasteiger partial charge in [-0.25, -0.2) is 4.98 Å². The number of nitrogens with two attached hydrogens (primary N) is 1. The highest BCUT2D eigenvalue weighted by molar-refractivity contribution is 7.18. The molecule has 0 atom stereocenters. The van der Waals surface area contributed by atoms with E-state index in [0.29, 0.717) is 23.2 Å². The van der Waals surface area contributed by atoms with Crippen LogP contribution in [-0.4, -0.2) is 35.4 Å². The average molecular weight is 312 g/mol. The third-order valence-corrected chi connectivity index (χ3v) is 4.69. The van der Waals surface area contributed by atoms with Crippen LogP contribution in [0.5, 0.6) is 0 Å². The molecule has 0 radical (unpaired) electrons. The van der Waals surface area contributed by atoms with Crippen LogP contribution in [0, 0.1) is 5.92 Å². The third-order valence-electron chi connectivity index (χ3n) is 3.68. The van der Waals surface area contributed by atoms with Crippen LogP contribution in [0.25, 0.3) is 0 Å². The zero-order valence-electron chi connectivity index (χ0n) is 13.6. The Labute approximate surface area is 131 Å². The lowest BCUT2D eigenvalue weighted by Crippen LogP contribution is -2.35. The molecule has 0 spiro atoms. The number of nitrogens with zero attached hydrogens (tertiary/aromatic N) is 2. The van der Waals surface area contributed by atoms with Gasteiger partial charge in [0.15, 0.2) is 5.13 Å². The number of nitrogen functional groups attached to an aromatic ring is 1. The molecule has 0 bridgehead atoms. The summed E-state index contributed by atoms with van der Waals surface area (Å²) in [5, 5.41) is 3.92. The van der Waals surface area contributed by atoms with Crippen molar-refractivity contribution in [2.24, 2.45) is 5.92 Å². The fourth-order valence-corrected chi connectivity index (χ4v) is 3.03. The largest absolute Gasteiger partial charge is 0.382 e. The Morgan fingerprint density at radius 1 is 1.33 bits per heavy atom. The molecule has 5 nitrogen and oxygen atoms in total. The van der Waals surface area contributed by atoms with Gasteiger partial charge in [0.05, 0.1) is 0 Å². The Kier molecular flexibility index (Phi) is 7.50. The second-order valence-electron chi connectivity index (χ2n) is 5.19. The fourth-order valence-electron chi connectivity index (χ4n) is 2.15. The van der Waals surface area contributed by atoms with Crippen LogP contribution in [-0.2, 0) is 0 Å². The quantitative estimate of drug-likeness (QED) is 0.732. The first-order chi connectivity index (χ1) is 10.1. The Bertz CT molecular complexity index is 443. The monoisotopic (exact) mass is 312 g/mol. The molecule has 21 heavy (non-hydrogen) atoms. The molecule has 1 amide bonds. The van der Waals surface area contributed by atoms with Gasteiger partial charge in [-0.2, -0.15) is 0 Å². The molecule has 1 aromatic heterocycles. The minimum absolute atomic E-state index is 0.00366. The minimum Gasteiger partial charge on any atom is -0.382 e. The van der Waals surface area contributed by atoms with E-state index in [9.17, 15) is 4.79 Å². The molecule has 3 N–H and O–H groups in total. The smallest absolute Gasteiger partial charge is 0.267 e. The van der Waals surface area contributed by atoms with Gasteiger partial charge >= 0.3 is 0 Å². The van der Waals surface area contributed by atoms with E-state index in [1.165, 1.54) is 11.3 Å². The third kappa shape index (κ3) is 4.88. The van der Waals surface area contributed by atoms with Crippen molar-refractivity contribution in [2.75, 3.05) is 30.7 Å². The van der Waals surface area contributed by atoms with E-state index in [2.05, 4.69) is 31.1 Å². The maximum atomic E-state index is 12.6. The van der Waals surface area contributed by atoms with E-state index in [1.807, 2.05) is 11.8 Å². The molecule has 120 valence electrons. The van der Waals surface area contributed by atoms with Gasteiger partial charge in [-0.15, -0.1) is 0 Å². The van der Waals surface area contributed by atoms with Crippen LogP contribution in [0.15, 0.2) is 0 Å². The zero-order valence-corrected chi connectivity index (χ0v) is 14.4. The maximum absolute atomic E-state index is 12.6. The van der Waals surface area contributed by atoms with Crippen LogP contribution in [0.3, 0.4) is 0 Å². The Morgan fingerprint density at radius 2 is 2.00 bits per heavy atom. The van der Waals surface area contributed by atoms with Crippen molar-refractivity contribution in [3.63, 3.8) is 0 Å². The zero-order chi connectivity index (χ0) is 15.8. The van der Waals surface area contributed by atoms with Crippen molar-refractivity contribution in [3.05, 3.63) is 4.88 Å². The second kappa shape index (κ2) is 8.87. The summed E-state index contributed by atoms with van der Waals surface area (Å²) in [5.74, 6) is 0.885. The van der Waals surface area contributed by atoms with Gasteiger partial charge < -0.3 is 16.0 Å². The molecule has 0 saturated carbocycles. The number of carbonyl (C=O) groups is 1. The van der Waals surface area contributed by atoms with E-state index >= 15 is 0 Å². The summed E-state index contributed by atoms with van der Waals surface area (Å²) in [6.45, 7) is 10.8. The van der Waals surface area contributed by atoms with Crippen molar-refractivity contribution >= 4 is 28.2 Å². The SMILES string of the molecule is CCCNc1nc(N)c(C(=O)N(CC)CC(CC)CC)s1. The highest BCUT2D eigenvalue weighted by Gasteiger charge is 2.22. The van der Waals surface area contributed by atoms with Crippen molar-refractivity contribution < 1.29 is 4.79 Å². The molecular weight excluding hydrogens is 284 g/mol. The van der Waals surface area contributed by atoms with Crippen molar-refractivity contribution in [1.82, 2.24) is 9.88 Å². The second-order valence-corrected chi connectivity index (χ2v) is 6.19. The fraction of sp³-hybridized carbons (Fsp3) is 0.733. The summed E-state index contributed by atoms with van der Waals surface area (Å²) < 4.78 is 0. The molecule has 1 rings (SSSR count). The van der Waals surface area contributed by atoms with E-state index in [1.54, 1.807) is 0 Å². The standard InChI is InChI=1S/C15H28N4OS/c1-5-9-17-15-18-13(16)12(21-15)14(20)19(8-4)10-11(6-2)7-3/h11H,5-10,16H2,1-4H3,(H,17,18). The molecule has 6 heteroatoms. The molecule has 0 fully saturated rings. The van der Waals surface area contributed by atoms with Crippen LogP contribution in [0.4, 0.5) is 10.9 Å². The van der Waals surface area contributed by atoms with Gasteiger partial charge in [0, 0.05) is 19.6 Å². The number of rotatable bonds is 9. The molecule has 0 aliphatic rings. The number of carbonyl (C=O) groups excluding carboxylic acids is 1. The van der Waals surface area contributed by atoms with Crippen molar-refractivity contribution in [3.8, 4) is 0 Å². The van der Waals surface area contributed by atoms with Gasteiger partial charge in [0.25, 0.3) is 5.91 Å². The molecule has 1 aromatic rings. The Hall–Kier alpha value is -1.30. The number of hydrogen-bond acceptors (Lipinski definition) is 5. The summed E-state index contributed by atoms with van der Waals surface area (Å²) in [6.07, 6.45) is 3.18. The van der Waals surface area contributed by atoms with Crippen molar-refractivity contribution in [1.29, 1.82) is 0 Å². The Balaban J connectivity index is 2.82. The van der Waals surface area contributed by atoms with Crippen LogP contribution < -0.4 is 11.1 Å². The first-order valence-electron chi connectivity index (χ1n) is 7.86. The summed E-state index contributed by atoms with van der Waals surface area (Å²) in [7, 11) is 0. The van der Waals surface area contributed by atoms with E-state index < -0.39 is 0 Å². The Morgan fingerprint density at radius 3 is 2.52 bits per heavy atom. The van der Waals surface area contributed by atoms with E-state index in [-0.39, 0.29) is 5.91 Å². The molecule has 0 aliphatic heterocycles. The molecular formula is C15H28N4OS. The number of aromatic nitrogens is 1. The average Bonchev–Trinajstić information content (AvgIpc) is 2.87. The van der Waals surface area contributed by atoms with Gasteiger partial charge in [-0.1, -0.05) is 44.9 Å². The lowest BCUT2D eigenvalue weighted by molar-refractivity contribution is 0.0740. The molecule has 0 unspecified atom stereocenters. The molecule has 0 saturated heterocycles. The van der Waals surface area contributed by atoms with Gasteiger partial charge in [-0.05, 0) is 19.3 Å². The predicted octanol–water partition coefficient (Wildman–Crippen LogP) is 3.45. The highest BCUT2D eigenvalue weighted by atomic mass is 32.1. The van der Waals surface area contributed by atoms with Crippen LogP contribution >= 0.6 is 11.3 Å². The summed E-state index contributed by atoms with van der Waals surface area (Å²) in [5.41, 5.74) is 5.91. The van der Waals surface area contributed by atoms with Crippen LogP contribution in [0.2, 0.25) is 0 Å². The first kappa shape index (κ1) is 17.8. The van der Waals surface area contributed by atoms with Crippen LogP contribution in [0.1, 0.15) is 56.6 Å². The number of anilines is 2. The van der Waals surface area contributed by atoms with Gasteiger partial charge in [0.2, 0.25) is 0 Å². The molecule has 0 aliphatic carbocycles. The lowest BCUT2D eigenvalue weighted by atomic mass is 10.0. The van der Waals surface area contributed by atoms with E-state index in [4.69, 9.17) is 5.73 Å². The predicted molar refractivity (Wildman–Crippen MR) is 91.0 cm³/mol. The van der Waals surface area contributed by atoms with Crippen molar-refractivity contribution in [2.45, 2.75) is 47.0 Å². The summed E-state index contributed by atoms with van der Waals surface area (Å²) >= 11 is 1.36. The van der Waals surface area contributed by atoms with Gasteiger partial charge in [-0.3, -0.25) is 4.79 Å². The summed E-state index contributed by atoms with van der Waals surface area (Å²) in [4.78, 5) is 19.3. The number of thiazole rings is 1. The first-order valence-corrected chi connectivity index (χ1v) is 8.68. The van der Waals surface area contributed by atoms with E-state index in [0.717, 1.165) is 37.5 Å². The topological polar surface area (TPSA) is 71.2 Å². The van der Waals surface area contributed by atoms with Gasteiger partial charge in [0.1, 0.15) is 10.7 Å². The number of amides is 1. The minimum atomic E-state index is 0.00366. The molecule has 0 aromatic carbocycles. The maximum Gasteiger partial charge on any atom is 0.267 e. The molecule has 1 heterocycles. The summed E-state index contributed by atoms with van der Waals surface area (Å²) in [6, 6.07) is 0. The number of nitrogens with one attached hydrogen (secondary N) is 1. The highest BCUT2D eigenvalue weighted by Crippen LogP contribution is 2.27.